The number of unbranched alkanes of at least 4 members (excludes halogenated alkanes) is 8. The van der Waals surface area contributed by atoms with Gasteiger partial charge in [0.15, 0.2) is 0 Å². The highest BCUT2D eigenvalue weighted by molar-refractivity contribution is 5.90. The van der Waals surface area contributed by atoms with Crippen LogP contribution in [0.3, 0.4) is 0 Å². The summed E-state index contributed by atoms with van der Waals surface area (Å²) in [6.45, 7) is 7.43. The van der Waals surface area contributed by atoms with Crippen molar-refractivity contribution in [1.29, 1.82) is 0 Å². The third kappa shape index (κ3) is 9.33. The van der Waals surface area contributed by atoms with E-state index in [1.807, 2.05) is 35.2 Å². The topological polar surface area (TPSA) is 52.7 Å². The minimum atomic E-state index is 0.103. The first-order valence-corrected chi connectivity index (χ1v) is 14.0. The minimum absolute atomic E-state index is 0.103. The van der Waals surface area contributed by atoms with Crippen LogP contribution >= 0.6 is 0 Å². The van der Waals surface area contributed by atoms with E-state index >= 15 is 0 Å². The number of anilines is 2. The minimum Gasteiger partial charge on any atom is -0.368 e. The van der Waals surface area contributed by atoms with E-state index in [1.165, 1.54) is 50.5 Å². The average molecular weight is 492 g/mol. The van der Waals surface area contributed by atoms with Gasteiger partial charge in [-0.25, -0.2) is 0 Å². The van der Waals surface area contributed by atoms with Crippen molar-refractivity contribution in [1.82, 2.24) is 4.90 Å². The predicted molar refractivity (Wildman–Crippen MR) is 151 cm³/mol. The Morgan fingerprint density at radius 3 is 2.03 bits per heavy atom. The highest BCUT2D eigenvalue weighted by Crippen LogP contribution is 2.21. The summed E-state index contributed by atoms with van der Waals surface area (Å²) in [5, 5.41) is 3.04. The lowest BCUT2D eigenvalue weighted by Crippen LogP contribution is -2.49. The molecule has 1 aliphatic heterocycles. The molecule has 2 aromatic carbocycles. The normalized spacial score (nSPS) is 13.6. The largest absolute Gasteiger partial charge is 0.368 e. The molecule has 0 aliphatic carbocycles. The second kappa shape index (κ2) is 15.3. The summed E-state index contributed by atoms with van der Waals surface area (Å²) in [6, 6.07) is 16.2. The van der Waals surface area contributed by atoms with Gasteiger partial charge in [0.1, 0.15) is 0 Å². The third-order valence-corrected chi connectivity index (χ3v) is 7.26. The van der Waals surface area contributed by atoms with E-state index in [-0.39, 0.29) is 11.8 Å². The van der Waals surface area contributed by atoms with E-state index in [4.69, 9.17) is 0 Å². The van der Waals surface area contributed by atoms with Crippen molar-refractivity contribution >= 4 is 23.2 Å². The SMILES string of the molecule is CCCCCCCCCCCC(=O)Nc1ccc(N2CCN(C(=O)Cc3ccccc3C)CC2)cc1. The summed E-state index contributed by atoms with van der Waals surface area (Å²) >= 11 is 0. The van der Waals surface area contributed by atoms with Crippen molar-refractivity contribution in [2.75, 3.05) is 36.4 Å². The van der Waals surface area contributed by atoms with Gasteiger partial charge in [-0.2, -0.15) is 0 Å². The zero-order valence-corrected chi connectivity index (χ0v) is 22.4. The molecule has 0 atom stereocenters. The summed E-state index contributed by atoms with van der Waals surface area (Å²) in [6.07, 6.45) is 12.4. The number of benzene rings is 2. The fraction of sp³-hybridized carbons (Fsp3) is 0.548. The molecule has 2 amide bonds. The lowest BCUT2D eigenvalue weighted by Gasteiger charge is -2.36. The van der Waals surface area contributed by atoms with Gasteiger partial charge in [-0.05, 0) is 48.7 Å². The van der Waals surface area contributed by atoms with E-state index in [9.17, 15) is 9.59 Å². The number of aryl methyl sites for hydroxylation is 1. The number of nitrogens with zero attached hydrogens (tertiary/aromatic N) is 2. The van der Waals surface area contributed by atoms with Crippen LogP contribution in [-0.4, -0.2) is 42.9 Å². The highest BCUT2D eigenvalue weighted by atomic mass is 16.2. The maximum atomic E-state index is 12.8. The zero-order valence-electron chi connectivity index (χ0n) is 22.4. The standard InChI is InChI=1S/C31H45N3O2/c1-3-4-5-6-7-8-9-10-11-16-30(35)32-28-17-19-29(20-18-28)33-21-23-34(24-22-33)31(36)25-27-15-13-12-14-26(27)2/h12-15,17-20H,3-11,16,21-25H2,1-2H3,(H,32,35). The lowest BCUT2D eigenvalue weighted by atomic mass is 10.1. The molecule has 5 nitrogen and oxygen atoms in total. The molecule has 2 aromatic rings. The molecular formula is C31H45N3O2. The fourth-order valence-electron chi connectivity index (χ4n) is 4.87. The Morgan fingerprint density at radius 1 is 0.778 bits per heavy atom. The number of hydrogen-bond donors (Lipinski definition) is 1. The van der Waals surface area contributed by atoms with E-state index in [0.29, 0.717) is 12.8 Å². The smallest absolute Gasteiger partial charge is 0.227 e. The first-order chi connectivity index (χ1) is 17.6. The van der Waals surface area contributed by atoms with Crippen LogP contribution in [0.2, 0.25) is 0 Å². The summed E-state index contributed by atoms with van der Waals surface area (Å²) in [4.78, 5) is 29.3. The number of amides is 2. The molecule has 0 aromatic heterocycles. The molecule has 5 heteroatoms. The van der Waals surface area contributed by atoms with Crippen molar-refractivity contribution in [2.24, 2.45) is 0 Å². The van der Waals surface area contributed by atoms with Gasteiger partial charge in [0.05, 0.1) is 6.42 Å². The molecule has 0 bridgehead atoms. The van der Waals surface area contributed by atoms with Gasteiger partial charge < -0.3 is 15.1 Å². The number of nitrogens with one attached hydrogen (secondary N) is 1. The van der Waals surface area contributed by atoms with Crippen LogP contribution in [0.1, 0.15) is 82.3 Å². The molecular weight excluding hydrogens is 446 g/mol. The quantitative estimate of drug-likeness (QED) is 0.298. The van der Waals surface area contributed by atoms with E-state index in [1.54, 1.807) is 0 Å². The summed E-state index contributed by atoms with van der Waals surface area (Å²) in [5.41, 5.74) is 4.27. The van der Waals surface area contributed by atoms with Crippen LogP contribution in [0.5, 0.6) is 0 Å². The Labute approximate surface area is 218 Å². The molecule has 196 valence electrons. The Kier molecular flexibility index (Phi) is 11.8. The van der Waals surface area contributed by atoms with Gasteiger partial charge in [0, 0.05) is 44.0 Å². The van der Waals surface area contributed by atoms with Crippen molar-refractivity contribution in [3.63, 3.8) is 0 Å². The fourth-order valence-corrected chi connectivity index (χ4v) is 4.87. The summed E-state index contributed by atoms with van der Waals surface area (Å²) in [7, 11) is 0. The van der Waals surface area contributed by atoms with Gasteiger partial charge in [-0.3, -0.25) is 9.59 Å². The molecule has 36 heavy (non-hydrogen) atoms. The maximum absolute atomic E-state index is 12.8. The monoisotopic (exact) mass is 491 g/mol. The van der Waals surface area contributed by atoms with Crippen molar-refractivity contribution in [3.05, 3.63) is 59.7 Å². The molecule has 1 N–H and O–H groups in total. The van der Waals surface area contributed by atoms with E-state index in [2.05, 4.69) is 42.3 Å². The Hall–Kier alpha value is -2.82. The first-order valence-electron chi connectivity index (χ1n) is 14.0. The van der Waals surface area contributed by atoms with Gasteiger partial charge in [0.25, 0.3) is 0 Å². The Morgan fingerprint density at radius 2 is 1.39 bits per heavy atom. The molecule has 1 fully saturated rings. The second-order valence-corrected chi connectivity index (χ2v) is 10.1. The third-order valence-electron chi connectivity index (χ3n) is 7.26. The lowest BCUT2D eigenvalue weighted by molar-refractivity contribution is -0.130. The van der Waals surface area contributed by atoms with Crippen LogP contribution in [0.4, 0.5) is 11.4 Å². The molecule has 1 aliphatic rings. The van der Waals surface area contributed by atoms with Crippen molar-refractivity contribution < 1.29 is 9.59 Å². The second-order valence-electron chi connectivity index (χ2n) is 10.1. The summed E-state index contributed by atoms with van der Waals surface area (Å²) < 4.78 is 0. The van der Waals surface area contributed by atoms with Crippen LogP contribution in [-0.2, 0) is 16.0 Å². The molecule has 1 saturated heterocycles. The average Bonchev–Trinajstić information content (AvgIpc) is 2.89. The van der Waals surface area contributed by atoms with Gasteiger partial charge in [-0.15, -0.1) is 0 Å². The first kappa shape index (κ1) is 27.8. The maximum Gasteiger partial charge on any atom is 0.227 e. The molecule has 0 unspecified atom stereocenters. The van der Waals surface area contributed by atoms with E-state index in [0.717, 1.165) is 56.0 Å². The van der Waals surface area contributed by atoms with E-state index < -0.39 is 0 Å². The molecule has 0 spiro atoms. The van der Waals surface area contributed by atoms with Crippen LogP contribution in [0, 0.1) is 6.92 Å². The molecule has 3 rings (SSSR count). The number of rotatable bonds is 14. The zero-order chi connectivity index (χ0) is 25.6. The Bertz CT molecular complexity index is 933. The van der Waals surface area contributed by atoms with Gasteiger partial charge in [-0.1, -0.05) is 82.6 Å². The summed E-state index contributed by atoms with van der Waals surface area (Å²) in [5.74, 6) is 0.306. The van der Waals surface area contributed by atoms with Crippen LogP contribution in [0.25, 0.3) is 0 Å². The van der Waals surface area contributed by atoms with Crippen molar-refractivity contribution in [3.8, 4) is 0 Å². The molecule has 0 saturated carbocycles. The predicted octanol–water partition coefficient (Wildman–Crippen LogP) is 6.75. The number of hydrogen-bond acceptors (Lipinski definition) is 3. The number of piperazine rings is 1. The highest BCUT2D eigenvalue weighted by Gasteiger charge is 2.21. The van der Waals surface area contributed by atoms with Crippen LogP contribution in [0.15, 0.2) is 48.5 Å². The van der Waals surface area contributed by atoms with Crippen molar-refractivity contribution in [2.45, 2.75) is 84.5 Å². The van der Waals surface area contributed by atoms with Gasteiger partial charge in [0.2, 0.25) is 11.8 Å². The number of carbonyl (C=O) groups is 2. The number of carbonyl (C=O) groups excluding carboxylic acids is 2. The van der Waals surface area contributed by atoms with Crippen LogP contribution < -0.4 is 10.2 Å². The Balaban J connectivity index is 1.32. The molecule has 1 heterocycles. The van der Waals surface area contributed by atoms with Gasteiger partial charge >= 0.3 is 0 Å². The molecule has 0 radical (unpaired) electrons.